The molecule has 0 aromatic carbocycles. The van der Waals surface area contributed by atoms with E-state index in [-0.39, 0.29) is 16.8 Å². The first kappa shape index (κ1) is 11.0. The summed E-state index contributed by atoms with van der Waals surface area (Å²) in [6.45, 7) is 0. The molecular formula is C7H5ClN4O3S. The smallest absolute Gasteiger partial charge is 0.269 e. The third kappa shape index (κ3) is 2.03. The molecule has 0 fully saturated rings. The van der Waals surface area contributed by atoms with Crippen molar-refractivity contribution in [2.24, 2.45) is 0 Å². The molecule has 2 aromatic heterocycles. The Kier molecular flexibility index (Phi) is 2.62. The standard InChI is InChI=1S/C7H5ClN4O3S/c8-7-10-2-1-5(11-7)6-9-3-4-12(6)16(13,14)15/h1-4H,(H,13,14,15). The van der Waals surface area contributed by atoms with Gasteiger partial charge in [-0.3, -0.25) is 4.55 Å². The lowest BCUT2D eigenvalue weighted by Crippen LogP contribution is -2.11. The maximum atomic E-state index is 11.0. The molecule has 0 aliphatic rings. The Labute approximate surface area is 95.6 Å². The molecule has 0 bridgehead atoms. The summed E-state index contributed by atoms with van der Waals surface area (Å²) in [5.41, 5.74) is 0.197. The van der Waals surface area contributed by atoms with E-state index >= 15 is 0 Å². The van der Waals surface area contributed by atoms with Gasteiger partial charge >= 0.3 is 10.3 Å². The number of aromatic nitrogens is 4. The van der Waals surface area contributed by atoms with E-state index in [9.17, 15) is 8.42 Å². The van der Waals surface area contributed by atoms with Gasteiger partial charge in [-0.15, -0.1) is 0 Å². The van der Waals surface area contributed by atoms with Gasteiger partial charge in [-0.25, -0.2) is 18.9 Å². The summed E-state index contributed by atoms with van der Waals surface area (Å²) in [5, 5.41) is -0.0395. The Hall–Kier alpha value is -1.51. The van der Waals surface area contributed by atoms with Gasteiger partial charge in [0.05, 0.1) is 0 Å². The largest absolute Gasteiger partial charge is 0.365 e. The third-order valence-electron chi connectivity index (χ3n) is 1.71. The minimum absolute atomic E-state index is 0.0354. The van der Waals surface area contributed by atoms with E-state index in [2.05, 4.69) is 15.0 Å². The fraction of sp³-hybridized carbons (Fsp3) is 0. The Morgan fingerprint density at radius 3 is 2.69 bits per heavy atom. The monoisotopic (exact) mass is 260 g/mol. The number of hydrogen-bond acceptors (Lipinski definition) is 5. The van der Waals surface area contributed by atoms with E-state index in [1.165, 1.54) is 18.5 Å². The Morgan fingerprint density at radius 1 is 1.31 bits per heavy atom. The topological polar surface area (TPSA) is 98.0 Å². The molecular weight excluding hydrogens is 256 g/mol. The molecule has 0 aliphatic heterocycles. The van der Waals surface area contributed by atoms with Crippen molar-refractivity contribution in [3.8, 4) is 11.5 Å². The average Bonchev–Trinajstić information content (AvgIpc) is 2.65. The second kappa shape index (κ2) is 3.81. The van der Waals surface area contributed by atoms with Crippen LogP contribution in [-0.2, 0) is 10.3 Å². The van der Waals surface area contributed by atoms with Crippen molar-refractivity contribution in [2.45, 2.75) is 0 Å². The summed E-state index contributed by atoms with van der Waals surface area (Å²) >= 11 is 5.56. The van der Waals surface area contributed by atoms with Crippen molar-refractivity contribution >= 4 is 21.9 Å². The van der Waals surface area contributed by atoms with E-state index in [1.54, 1.807) is 0 Å². The highest BCUT2D eigenvalue weighted by atomic mass is 35.5. The Balaban J connectivity index is 2.62. The lowest BCUT2D eigenvalue weighted by molar-refractivity contribution is 0.473. The lowest BCUT2D eigenvalue weighted by Gasteiger charge is -2.02. The minimum atomic E-state index is -4.40. The van der Waals surface area contributed by atoms with Crippen molar-refractivity contribution in [3.63, 3.8) is 0 Å². The van der Waals surface area contributed by atoms with Crippen molar-refractivity contribution in [1.29, 1.82) is 0 Å². The van der Waals surface area contributed by atoms with Gasteiger partial charge in [-0.05, 0) is 17.7 Å². The van der Waals surface area contributed by atoms with Gasteiger partial charge in [0.1, 0.15) is 5.69 Å². The first-order valence-corrected chi connectivity index (χ1v) is 5.76. The Morgan fingerprint density at radius 2 is 2.06 bits per heavy atom. The molecule has 9 heteroatoms. The van der Waals surface area contributed by atoms with Gasteiger partial charge in [-0.1, -0.05) is 0 Å². The molecule has 0 radical (unpaired) electrons. The highest BCUT2D eigenvalue weighted by molar-refractivity contribution is 7.84. The van der Waals surface area contributed by atoms with E-state index in [0.29, 0.717) is 3.97 Å². The summed E-state index contributed by atoms with van der Waals surface area (Å²) in [4.78, 5) is 11.2. The molecule has 84 valence electrons. The molecule has 16 heavy (non-hydrogen) atoms. The van der Waals surface area contributed by atoms with Crippen molar-refractivity contribution < 1.29 is 13.0 Å². The third-order valence-corrected chi connectivity index (χ3v) is 2.69. The van der Waals surface area contributed by atoms with Gasteiger partial charge in [0.25, 0.3) is 0 Å². The summed E-state index contributed by atoms with van der Waals surface area (Å²) in [6.07, 6.45) is 3.67. The van der Waals surface area contributed by atoms with Gasteiger partial charge < -0.3 is 0 Å². The van der Waals surface area contributed by atoms with Crippen LogP contribution in [0.15, 0.2) is 24.7 Å². The van der Waals surface area contributed by atoms with Crippen molar-refractivity contribution in [3.05, 3.63) is 29.9 Å². The second-order valence-corrected chi connectivity index (χ2v) is 4.36. The summed E-state index contributed by atoms with van der Waals surface area (Å²) in [7, 11) is -4.40. The first-order chi connectivity index (χ1) is 7.48. The van der Waals surface area contributed by atoms with Crippen LogP contribution in [-0.4, -0.2) is 31.9 Å². The predicted octanol–water partition coefficient (Wildman–Crippen LogP) is 0.644. The van der Waals surface area contributed by atoms with Crippen LogP contribution >= 0.6 is 11.6 Å². The highest BCUT2D eigenvalue weighted by Crippen LogP contribution is 2.16. The molecule has 0 amide bonds. The van der Waals surface area contributed by atoms with E-state index < -0.39 is 10.3 Å². The van der Waals surface area contributed by atoms with Crippen LogP contribution in [0.1, 0.15) is 0 Å². The van der Waals surface area contributed by atoms with Gasteiger partial charge in [0, 0.05) is 18.6 Å². The fourth-order valence-corrected chi connectivity index (χ4v) is 1.83. The predicted molar refractivity (Wildman–Crippen MR) is 55.2 cm³/mol. The number of hydrogen-bond donors (Lipinski definition) is 1. The van der Waals surface area contributed by atoms with Crippen LogP contribution in [0.25, 0.3) is 11.5 Å². The first-order valence-electron chi connectivity index (χ1n) is 3.99. The Bertz CT molecular complexity index is 624. The summed E-state index contributed by atoms with van der Waals surface area (Å²) < 4.78 is 31.4. The molecule has 2 heterocycles. The van der Waals surface area contributed by atoms with Crippen LogP contribution in [0.4, 0.5) is 0 Å². The maximum Gasteiger partial charge on any atom is 0.365 e. The average molecular weight is 261 g/mol. The molecule has 7 nitrogen and oxygen atoms in total. The molecule has 1 N–H and O–H groups in total. The van der Waals surface area contributed by atoms with Crippen LogP contribution < -0.4 is 0 Å². The van der Waals surface area contributed by atoms with Gasteiger partial charge in [0.15, 0.2) is 5.82 Å². The van der Waals surface area contributed by atoms with E-state index in [1.807, 2.05) is 0 Å². The second-order valence-electron chi connectivity index (χ2n) is 2.74. The number of halogens is 1. The normalized spacial score (nSPS) is 11.6. The van der Waals surface area contributed by atoms with Crippen molar-refractivity contribution in [2.75, 3.05) is 0 Å². The highest BCUT2D eigenvalue weighted by Gasteiger charge is 2.16. The summed E-state index contributed by atoms with van der Waals surface area (Å²) in [5.74, 6) is -0.0354. The molecule has 0 saturated heterocycles. The number of imidazole rings is 1. The number of nitrogens with zero attached hydrogens (tertiary/aromatic N) is 4. The van der Waals surface area contributed by atoms with Crippen LogP contribution in [0.3, 0.4) is 0 Å². The zero-order valence-corrected chi connectivity index (χ0v) is 9.22. The molecule has 0 unspecified atom stereocenters. The van der Waals surface area contributed by atoms with Crippen molar-refractivity contribution in [1.82, 2.24) is 18.9 Å². The fourth-order valence-electron chi connectivity index (χ4n) is 1.12. The maximum absolute atomic E-state index is 11.0. The van der Waals surface area contributed by atoms with E-state index in [0.717, 1.165) is 6.20 Å². The summed E-state index contributed by atoms with van der Waals surface area (Å²) in [6, 6.07) is 1.43. The van der Waals surface area contributed by atoms with E-state index in [4.69, 9.17) is 16.2 Å². The molecule has 0 atom stereocenters. The quantitative estimate of drug-likeness (QED) is 0.629. The molecule has 0 spiro atoms. The molecule has 2 aromatic rings. The molecule has 0 aliphatic carbocycles. The van der Waals surface area contributed by atoms with Crippen LogP contribution in [0.2, 0.25) is 5.28 Å². The molecule has 0 saturated carbocycles. The zero-order chi connectivity index (χ0) is 11.8. The van der Waals surface area contributed by atoms with Crippen LogP contribution in [0.5, 0.6) is 0 Å². The van der Waals surface area contributed by atoms with Gasteiger partial charge in [-0.2, -0.15) is 8.42 Å². The van der Waals surface area contributed by atoms with Gasteiger partial charge in [0.2, 0.25) is 5.28 Å². The zero-order valence-electron chi connectivity index (χ0n) is 7.65. The lowest BCUT2D eigenvalue weighted by atomic mass is 10.4. The SMILES string of the molecule is O=S(=O)(O)n1ccnc1-c1ccnc(Cl)n1. The molecule has 2 rings (SSSR count). The minimum Gasteiger partial charge on any atom is -0.269 e. The number of rotatable bonds is 2. The van der Waals surface area contributed by atoms with Crippen LogP contribution in [0, 0.1) is 0 Å².